The lowest BCUT2D eigenvalue weighted by atomic mass is 10.1. The highest BCUT2D eigenvalue weighted by Gasteiger charge is 2.14. The SMILES string of the molecule is COc1ccccc1CC(=O)Nc1ccc(C(=O)c2nccn2C)cc1. The molecule has 1 N–H and O–H groups in total. The minimum atomic E-state index is -0.163. The van der Waals surface area contributed by atoms with E-state index in [1.54, 1.807) is 55.4 Å². The second-order valence-electron chi connectivity index (χ2n) is 5.81. The maximum atomic E-state index is 12.4. The van der Waals surface area contributed by atoms with E-state index in [-0.39, 0.29) is 18.1 Å². The van der Waals surface area contributed by atoms with E-state index < -0.39 is 0 Å². The molecule has 0 bridgehead atoms. The number of anilines is 1. The molecule has 6 heteroatoms. The molecule has 26 heavy (non-hydrogen) atoms. The largest absolute Gasteiger partial charge is 0.496 e. The number of nitrogens with zero attached hydrogens (tertiary/aromatic N) is 2. The van der Waals surface area contributed by atoms with Crippen LogP contribution in [0.2, 0.25) is 0 Å². The van der Waals surface area contributed by atoms with Crippen molar-refractivity contribution in [1.29, 1.82) is 0 Å². The average molecular weight is 349 g/mol. The summed E-state index contributed by atoms with van der Waals surface area (Å²) < 4.78 is 6.93. The number of imidazole rings is 1. The number of ketones is 1. The van der Waals surface area contributed by atoms with E-state index in [9.17, 15) is 9.59 Å². The summed E-state index contributed by atoms with van der Waals surface area (Å²) in [7, 11) is 3.35. The van der Waals surface area contributed by atoms with Crippen molar-refractivity contribution in [3.05, 3.63) is 77.9 Å². The van der Waals surface area contributed by atoms with Crippen LogP contribution >= 0.6 is 0 Å². The van der Waals surface area contributed by atoms with Gasteiger partial charge in [0, 0.05) is 36.3 Å². The third kappa shape index (κ3) is 3.80. The normalized spacial score (nSPS) is 10.4. The lowest BCUT2D eigenvalue weighted by molar-refractivity contribution is -0.115. The third-order valence-corrected chi connectivity index (χ3v) is 4.00. The van der Waals surface area contributed by atoms with E-state index >= 15 is 0 Å². The van der Waals surface area contributed by atoms with Crippen LogP contribution in [0.25, 0.3) is 0 Å². The molecule has 2 aromatic carbocycles. The lowest BCUT2D eigenvalue weighted by Gasteiger charge is -2.09. The fourth-order valence-electron chi connectivity index (χ4n) is 2.65. The van der Waals surface area contributed by atoms with Crippen LogP contribution in [-0.2, 0) is 18.3 Å². The highest BCUT2D eigenvalue weighted by atomic mass is 16.5. The molecule has 0 radical (unpaired) electrons. The second kappa shape index (κ2) is 7.65. The second-order valence-corrected chi connectivity index (χ2v) is 5.81. The number of ether oxygens (including phenoxy) is 1. The number of benzene rings is 2. The number of methoxy groups -OCH3 is 1. The molecule has 0 saturated heterocycles. The smallest absolute Gasteiger partial charge is 0.228 e. The minimum absolute atomic E-state index is 0.155. The molecule has 0 saturated carbocycles. The minimum Gasteiger partial charge on any atom is -0.496 e. The summed E-state index contributed by atoms with van der Waals surface area (Å²) in [5.41, 5.74) is 1.96. The lowest BCUT2D eigenvalue weighted by Crippen LogP contribution is -2.15. The van der Waals surface area contributed by atoms with E-state index in [0.717, 1.165) is 5.56 Å². The van der Waals surface area contributed by atoms with Gasteiger partial charge in [-0.3, -0.25) is 9.59 Å². The Balaban J connectivity index is 1.66. The van der Waals surface area contributed by atoms with E-state index in [2.05, 4.69) is 10.3 Å². The van der Waals surface area contributed by atoms with Gasteiger partial charge < -0.3 is 14.6 Å². The Kier molecular flexibility index (Phi) is 5.12. The van der Waals surface area contributed by atoms with E-state index in [1.807, 2.05) is 24.3 Å². The number of para-hydroxylation sites is 1. The zero-order valence-corrected chi connectivity index (χ0v) is 14.6. The number of aromatic nitrogens is 2. The molecule has 132 valence electrons. The highest BCUT2D eigenvalue weighted by Crippen LogP contribution is 2.19. The van der Waals surface area contributed by atoms with Crippen molar-refractivity contribution in [1.82, 2.24) is 9.55 Å². The Bertz CT molecular complexity index is 929. The van der Waals surface area contributed by atoms with Gasteiger partial charge in [-0.2, -0.15) is 0 Å². The third-order valence-electron chi connectivity index (χ3n) is 4.00. The first-order chi connectivity index (χ1) is 12.6. The zero-order chi connectivity index (χ0) is 18.5. The standard InChI is InChI=1S/C20H19N3O3/c1-23-12-11-21-20(23)19(25)14-7-9-16(10-8-14)22-18(24)13-15-5-3-4-6-17(15)26-2/h3-12H,13H2,1-2H3,(H,22,24). The van der Waals surface area contributed by atoms with Crippen LogP contribution in [-0.4, -0.2) is 28.4 Å². The Morgan fingerprint density at radius 3 is 2.50 bits per heavy atom. The Hall–Kier alpha value is -3.41. The summed E-state index contributed by atoms with van der Waals surface area (Å²) in [6.45, 7) is 0. The van der Waals surface area contributed by atoms with Crippen molar-refractivity contribution < 1.29 is 14.3 Å². The maximum absolute atomic E-state index is 12.4. The molecule has 0 aliphatic heterocycles. The topological polar surface area (TPSA) is 73.2 Å². The number of rotatable bonds is 6. The summed E-state index contributed by atoms with van der Waals surface area (Å²) in [6.07, 6.45) is 3.51. The number of hydrogen-bond acceptors (Lipinski definition) is 4. The van der Waals surface area contributed by atoms with E-state index in [0.29, 0.717) is 22.8 Å². The number of amides is 1. The van der Waals surface area contributed by atoms with Gasteiger partial charge in [-0.1, -0.05) is 18.2 Å². The van der Waals surface area contributed by atoms with Gasteiger partial charge in [-0.15, -0.1) is 0 Å². The van der Waals surface area contributed by atoms with Crippen LogP contribution in [0.1, 0.15) is 21.7 Å². The molecular weight excluding hydrogens is 330 g/mol. The van der Waals surface area contributed by atoms with Crippen LogP contribution in [0.4, 0.5) is 5.69 Å². The molecule has 3 rings (SSSR count). The molecule has 1 aromatic heterocycles. The Morgan fingerprint density at radius 1 is 1.12 bits per heavy atom. The van der Waals surface area contributed by atoms with Crippen LogP contribution < -0.4 is 10.1 Å². The summed E-state index contributed by atoms with van der Waals surface area (Å²) in [6, 6.07) is 14.2. The Labute approximate surface area is 151 Å². The van der Waals surface area contributed by atoms with Crippen LogP contribution in [0.15, 0.2) is 60.9 Å². The van der Waals surface area contributed by atoms with Crippen molar-refractivity contribution in [3.63, 3.8) is 0 Å². The van der Waals surface area contributed by atoms with Gasteiger partial charge in [-0.05, 0) is 30.3 Å². The van der Waals surface area contributed by atoms with Gasteiger partial charge in [0.25, 0.3) is 0 Å². The molecule has 0 unspecified atom stereocenters. The molecule has 1 amide bonds. The van der Waals surface area contributed by atoms with Gasteiger partial charge in [0.2, 0.25) is 11.7 Å². The molecule has 0 atom stereocenters. The number of nitrogens with one attached hydrogen (secondary N) is 1. The molecule has 6 nitrogen and oxygen atoms in total. The summed E-state index contributed by atoms with van der Waals surface area (Å²) >= 11 is 0. The molecule has 0 aliphatic carbocycles. The first-order valence-electron chi connectivity index (χ1n) is 8.12. The predicted molar refractivity (Wildman–Crippen MR) is 98.4 cm³/mol. The van der Waals surface area contributed by atoms with Crippen molar-refractivity contribution in [3.8, 4) is 5.75 Å². The molecule has 0 aliphatic rings. The van der Waals surface area contributed by atoms with Gasteiger partial charge >= 0.3 is 0 Å². The molecule has 0 fully saturated rings. The van der Waals surface area contributed by atoms with Crippen LogP contribution in [0, 0.1) is 0 Å². The van der Waals surface area contributed by atoms with E-state index in [1.165, 1.54) is 0 Å². The zero-order valence-electron chi connectivity index (χ0n) is 14.6. The van der Waals surface area contributed by atoms with Crippen LogP contribution in [0.3, 0.4) is 0 Å². The number of carbonyl (C=O) groups is 2. The summed E-state index contributed by atoms with van der Waals surface area (Å²) in [5, 5.41) is 2.83. The van der Waals surface area contributed by atoms with Gasteiger partial charge in [0.15, 0.2) is 5.82 Å². The van der Waals surface area contributed by atoms with Crippen molar-refractivity contribution in [2.75, 3.05) is 12.4 Å². The molecule has 0 spiro atoms. The van der Waals surface area contributed by atoms with E-state index in [4.69, 9.17) is 4.74 Å². The van der Waals surface area contributed by atoms with Crippen molar-refractivity contribution in [2.24, 2.45) is 7.05 Å². The van der Waals surface area contributed by atoms with Crippen LogP contribution in [0.5, 0.6) is 5.75 Å². The van der Waals surface area contributed by atoms with Gasteiger partial charge in [0.1, 0.15) is 5.75 Å². The first-order valence-corrected chi connectivity index (χ1v) is 8.12. The fourth-order valence-corrected chi connectivity index (χ4v) is 2.65. The first kappa shape index (κ1) is 17.4. The maximum Gasteiger partial charge on any atom is 0.228 e. The molecule has 3 aromatic rings. The van der Waals surface area contributed by atoms with Gasteiger partial charge in [-0.25, -0.2) is 4.98 Å². The van der Waals surface area contributed by atoms with Crippen molar-refractivity contribution in [2.45, 2.75) is 6.42 Å². The number of aryl methyl sites for hydroxylation is 1. The molecule has 1 heterocycles. The predicted octanol–water partition coefficient (Wildman–Crippen LogP) is 2.84. The summed E-state index contributed by atoms with van der Waals surface area (Å²) in [4.78, 5) is 28.7. The summed E-state index contributed by atoms with van der Waals surface area (Å²) in [5.74, 6) is 0.735. The highest BCUT2D eigenvalue weighted by molar-refractivity contribution is 6.07. The van der Waals surface area contributed by atoms with Gasteiger partial charge in [0.05, 0.1) is 13.5 Å². The monoisotopic (exact) mass is 349 g/mol. The quantitative estimate of drug-likeness (QED) is 0.695. The van der Waals surface area contributed by atoms with Crippen molar-refractivity contribution >= 4 is 17.4 Å². The average Bonchev–Trinajstić information content (AvgIpc) is 3.08. The fraction of sp³-hybridized carbons (Fsp3) is 0.150. The number of hydrogen-bond donors (Lipinski definition) is 1. The Morgan fingerprint density at radius 2 is 1.85 bits per heavy atom. The molecular formula is C20H19N3O3. The number of carbonyl (C=O) groups excluding carboxylic acids is 2.